The summed E-state index contributed by atoms with van der Waals surface area (Å²) < 4.78 is 13.6. The minimum atomic E-state index is 0.0202. The lowest BCUT2D eigenvalue weighted by Gasteiger charge is -2.27. The Balaban J connectivity index is 1.40. The van der Waals surface area contributed by atoms with Gasteiger partial charge in [-0.05, 0) is 55.7 Å². The second kappa shape index (κ2) is 8.19. The SMILES string of the molecule is Cc1cccc(-c2n[nH]c(=S)n2CC(=O)N2CCCC2c2ccc3c(c2)OCCO3)c1. The summed E-state index contributed by atoms with van der Waals surface area (Å²) in [4.78, 5) is 15.3. The maximum atomic E-state index is 13.3. The van der Waals surface area contributed by atoms with Crippen molar-refractivity contribution < 1.29 is 14.3 Å². The van der Waals surface area contributed by atoms with Crippen molar-refractivity contribution in [3.63, 3.8) is 0 Å². The summed E-state index contributed by atoms with van der Waals surface area (Å²) in [7, 11) is 0. The van der Waals surface area contributed by atoms with Crippen molar-refractivity contribution in [2.24, 2.45) is 0 Å². The minimum Gasteiger partial charge on any atom is -0.486 e. The van der Waals surface area contributed by atoms with Gasteiger partial charge in [0.2, 0.25) is 5.91 Å². The summed E-state index contributed by atoms with van der Waals surface area (Å²) in [5.41, 5.74) is 3.14. The molecule has 1 atom stereocenters. The van der Waals surface area contributed by atoms with Gasteiger partial charge in [0.1, 0.15) is 19.8 Å². The van der Waals surface area contributed by atoms with Gasteiger partial charge in [-0.25, -0.2) is 0 Å². The molecule has 0 bridgehead atoms. The third-order valence-corrected chi connectivity index (χ3v) is 6.16. The van der Waals surface area contributed by atoms with Crippen LogP contribution < -0.4 is 9.47 Å². The number of nitrogens with one attached hydrogen (secondary N) is 1. The number of carbonyl (C=O) groups is 1. The lowest BCUT2D eigenvalue weighted by Crippen LogP contribution is -2.33. The molecule has 31 heavy (non-hydrogen) atoms. The van der Waals surface area contributed by atoms with Crippen molar-refractivity contribution in [3.05, 3.63) is 58.4 Å². The Labute approximate surface area is 185 Å². The number of hydrogen-bond acceptors (Lipinski definition) is 5. The molecule has 1 unspecified atom stereocenters. The molecule has 1 saturated heterocycles. The molecule has 0 spiro atoms. The first kappa shape index (κ1) is 19.8. The minimum absolute atomic E-state index is 0.0202. The molecular weight excluding hydrogens is 412 g/mol. The third kappa shape index (κ3) is 3.83. The van der Waals surface area contributed by atoms with E-state index < -0.39 is 0 Å². The van der Waals surface area contributed by atoms with E-state index in [4.69, 9.17) is 21.7 Å². The molecule has 2 aliphatic rings. The van der Waals surface area contributed by atoms with Crippen molar-refractivity contribution in [2.45, 2.75) is 32.4 Å². The van der Waals surface area contributed by atoms with E-state index in [1.165, 1.54) is 0 Å². The highest BCUT2D eigenvalue weighted by Crippen LogP contribution is 2.38. The number of aromatic amines is 1. The molecular formula is C23H24N4O3S. The number of carbonyl (C=O) groups excluding carboxylic acids is 1. The number of amides is 1. The summed E-state index contributed by atoms with van der Waals surface area (Å²) in [6.45, 7) is 4.02. The highest BCUT2D eigenvalue weighted by molar-refractivity contribution is 7.71. The molecule has 2 aromatic carbocycles. The highest BCUT2D eigenvalue weighted by Gasteiger charge is 2.31. The van der Waals surface area contributed by atoms with E-state index in [-0.39, 0.29) is 18.5 Å². The van der Waals surface area contributed by atoms with Crippen LogP contribution in [0, 0.1) is 11.7 Å². The summed E-state index contributed by atoms with van der Waals surface area (Å²) in [6, 6.07) is 14.0. The van der Waals surface area contributed by atoms with Crippen LogP contribution in [-0.2, 0) is 11.3 Å². The van der Waals surface area contributed by atoms with Crippen LogP contribution in [0.25, 0.3) is 11.4 Å². The van der Waals surface area contributed by atoms with Crippen LogP contribution in [0.4, 0.5) is 0 Å². The van der Waals surface area contributed by atoms with Crippen LogP contribution in [0.15, 0.2) is 42.5 Å². The normalized spacial score (nSPS) is 17.7. The van der Waals surface area contributed by atoms with Crippen LogP contribution >= 0.6 is 12.2 Å². The van der Waals surface area contributed by atoms with Gasteiger partial charge >= 0.3 is 0 Å². The summed E-state index contributed by atoms with van der Waals surface area (Å²) in [5.74, 6) is 2.22. The molecule has 1 N–H and O–H groups in total. The third-order valence-electron chi connectivity index (χ3n) is 5.85. The fraction of sp³-hybridized carbons (Fsp3) is 0.348. The van der Waals surface area contributed by atoms with Crippen LogP contribution in [0.3, 0.4) is 0 Å². The van der Waals surface area contributed by atoms with Gasteiger partial charge in [0.05, 0.1) is 6.04 Å². The predicted molar refractivity (Wildman–Crippen MR) is 119 cm³/mol. The van der Waals surface area contributed by atoms with Crippen molar-refractivity contribution in [1.82, 2.24) is 19.7 Å². The zero-order chi connectivity index (χ0) is 21.4. The molecule has 1 fully saturated rings. The van der Waals surface area contributed by atoms with Crippen molar-refractivity contribution >= 4 is 18.1 Å². The molecule has 0 radical (unpaired) electrons. The number of aromatic nitrogens is 3. The molecule has 0 aliphatic carbocycles. The van der Waals surface area contributed by atoms with Gasteiger partial charge in [-0.15, -0.1) is 0 Å². The molecule has 7 nitrogen and oxygen atoms in total. The first-order valence-corrected chi connectivity index (χ1v) is 10.9. The Morgan fingerprint density at radius 3 is 2.87 bits per heavy atom. The van der Waals surface area contributed by atoms with Crippen LogP contribution in [0.1, 0.15) is 30.0 Å². The number of aryl methyl sites for hydroxylation is 1. The number of H-pyrrole nitrogens is 1. The van der Waals surface area contributed by atoms with Crippen LogP contribution in [0.5, 0.6) is 11.5 Å². The Bertz CT molecular complexity index is 1190. The van der Waals surface area contributed by atoms with Gasteiger partial charge in [0.25, 0.3) is 0 Å². The topological polar surface area (TPSA) is 72.4 Å². The Morgan fingerprint density at radius 1 is 1.19 bits per heavy atom. The largest absolute Gasteiger partial charge is 0.486 e. The van der Waals surface area contributed by atoms with Gasteiger partial charge in [-0.2, -0.15) is 5.10 Å². The Kier molecular flexibility index (Phi) is 5.23. The standard InChI is InChI=1S/C23H24N4O3S/c1-15-4-2-5-17(12-15)22-24-25-23(31)27(22)14-21(28)26-9-3-6-18(26)16-7-8-19-20(13-16)30-11-10-29-19/h2,4-5,7-8,12-13,18H,3,6,9-11,14H2,1H3,(H,25,31). The van der Waals surface area contributed by atoms with E-state index in [1.54, 1.807) is 4.57 Å². The van der Waals surface area contributed by atoms with Crippen LogP contribution in [-0.4, -0.2) is 45.3 Å². The average molecular weight is 437 g/mol. The quantitative estimate of drug-likeness (QED) is 0.625. The number of nitrogens with zero attached hydrogens (tertiary/aromatic N) is 3. The number of likely N-dealkylation sites (tertiary alicyclic amines) is 1. The van der Waals surface area contributed by atoms with Gasteiger partial charge in [-0.3, -0.25) is 14.5 Å². The fourth-order valence-corrected chi connectivity index (χ4v) is 4.57. The molecule has 2 aliphatic heterocycles. The summed E-state index contributed by atoms with van der Waals surface area (Å²) in [5, 5.41) is 7.22. The van der Waals surface area contributed by atoms with E-state index in [1.807, 2.05) is 54.3 Å². The molecule has 8 heteroatoms. The summed E-state index contributed by atoms with van der Waals surface area (Å²) >= 11 is 5.43. The van der Waals surface area contributed by atoms with E-state index in [2.05, 4.69) is 10.2 Å². The zero-order valence-electron chi connectivity index (χ0n) is 17.3. The smallest absolute Gasteiger partial charge is 0.243 e. The molecule has 160 valence electrons. The maximum Gasteiger partial charge on any atom is 0.243 e. The second-order valence-corrected chi connectivity index (χ2v) is 8.34. The van der Waals surface area contributed by atoms with E-state index >= 15 is 0 Å². The number of fused-ring (bicyclic) bond motifs is 1. The Morgan fingerprint density at radius 2 is 2.03 bits per heavy atom. The molecule has 3 heterocycles. The van der Waals surface area contributed by atoms with E-state index in [0.29, 0.717) is 23.8 Å². The number of rotatable bonds is 4. The van der Waals surface area contributed by atoms with E-state index in [9.17, 15) is 4.79 Å². The van der Waals surface area contributed by atoms with Gasteiger partial charge in [0.15, 0.2) is 22.1 Å². The molecule has 3 aromatic rings. The second-order valence-electron chi connectivity index (χ2n) is 7.96. The fourth-order valence-electron chi connectivity index (χ4n) is 4.37. The average Bonchev–Trinajstić information content (AvgIpc) is 3.41. The van der Waals surface area contributed by atoms with Crippen LogP contribution in [0.2, 0.25) is 0 Å². The lowest BCUT2D eigenvalue weighted by molar-refractivity contribution is -0.132. The first-order chi connectivity index (χ1) is 15.1. The number of hydrogen-bond donors (Lipinski definition) is 1. The first-order valence-electron chi connectivity index (χ1n) is 10.5. The molecule has 1 aromatic heterocycles. The Hall–Kier alpha value is -3.13. The monoisotopic (exact) mass is 436 g/mol. The van der Waals surface area contributed by atoms with E-state index in [0.717, 1.165) is 47.6 Å². The van der Waals surface area contributed by atoms with Crippen molar-refractivity contribution in [2.75, 3.05) is 19.8 Å². The summed E-state index contributed by atoms with van der Waals surface area (Å²) in [6.07, 6.45) is 1.89. The molecule has 0 saturated carbocycles. The van der Waals surface area contributed by atoms with Crippen molar-refractivity contribution in [1.29, 1.82) is 0 Å². The molecule has 5 rings (SSSR count). The zero-order valence-corrected chi connectivity index (χ0v) is 18.2. The maximum absolute atomic E-state index is 13.3. The van der Waals surface area contributed by atoms with Crippen molar-refractivity contribution in [3.8, 4) is 22.9 Å². The van der Waals surface area contributed by atoms with Gasteiger partial charge in [0, 0.05) is 12.1 Å². The number of benzene rings is 2. The highest BCUT2D eigenvalue weighted by atomic mass is 32.1. The lowest BCUT2D eigenvalue weighted by atomic mass is 10.0. The predicted octanol–water partition coefficient (Wildman–Crippen LogP) is 4.05. The number of ether oxygens (including phenoxy) is 2. The molecule has 1 amide bonds. The van der Waals surface area contributed by atoms with Gasteiger partial charge in [-0.1, -0.05) is 29.8 Å². The van der Waals surface area contributed by atoms with Gasteiger partial charge < -0.3 is 14.4 Å².